The molecule has 1 aromatic heterocycles. The maximum absolute atomic E-state index is 3.82. The summed E-state index contributed by atoms with van der Waals surface area (Å²) in [5, 5.41) is 14.0. The van der Waals surface area contributed by atoms with Crippen molar-refractivity contribution in [2.45, 2.75) is 0 Å². The molecule has 206 valence electrons. The van der Waals surface area contributed by atoms with Crippen molar-refractivity contribution in [3.8, 4) is 22.3 Å². The molecule has 2 heteroatoms. The predicted octanol–water partition coefficient (Wildman–Crippen LogP) is 12.6. The molecule has 9 rings (SSSR count). The van der Waals surface area contributed by atoms with Crippen LogP contribution in [0.5, 0.6) is 0 Å². The molecule has 1 N–H and O–H groups in total. The largest absolute Gasteiger partial charge is 0.355 e. The van der Waals surface area contributed by atoms with E-state index in [4.69, 9.17) is 0 Å². The molecule has 44 heavy (non-hydrogen) atoms. The quantitative estimate of drug-likeness (QED) is 0.219. The Morgan fingerprint density at radius 2 is 0.932 bits per heavy atom. The Kier molecular flexibility index (Phi) is 5.75. The van der Waals surface area contributed by atoms with Gasteiger partial charge in [-0.05, 0) is 74.1 Å². The highest BCUT2D eigenvalue weighted by Gasteiger charge is 2.14. The maximum Gasteiger partial charge on any atom is 0.0464 e. The van der Waals surface area contributed by atoms with Crippen molar-refractivity contribution in [3.63, 3.8) is 0 Å². The number of nitrogens with one attached hydrogen (secondary N) is 1. The summed E-state index contributed by atoms with van der Waals surface area (Å²) in [4.78, 5) is 0. The van der Waals surface area contributed by atoms with Crippen LogP contribution in [0.4, 0.5) is 11.4 Å². The normalized spacial score (nSPS) is 11.6. The molecular formula is C42H27NS. The second kappa shape index (κ2) is 10.1. The number of rotatable bonds is 4. The number of benzene rings is 8. The van der Waals surface area contributed by atoms with Crippen LogP contribution in [0.3, 0.4) is 0 Å². The molecule has 0 aliphatic heterocycles. The first-order chi connectivity index (χ1) is 21.8. The zero-order valence-electron chi connectivity index (χ0n) is 23.9. The van der Waals surface area contributed by atoms with Gasteiger partial charge in [0.05, 0.1) is 0 Å². The van der Waals surface area contributed by atoms with E-state index in [1.807, 2.05) is 11.3 Å². The Hall–Kier alpha value is -5.44. The van der Waals surface area contributed by atoms with Crippen LogP contribution in [0.15, 0.2) is 158 Å². The lowest BCUT2D eigenvalue weighted by molar-refractivity contribution is 1.59. The number of anilines is 2. The summed E-state index contributed by atoms with van der Waals surface area (Å²) in [6.45, 7) is 0. The van der Waals surface area contributed by atoms with E-state index in [0.29, 0.717) is 0 Å². The lowest BCUT2D eigenvalue weighted by Crippen LogP contribution is -1.95. The molecule has 0 saturated heterocycles. The molecule has 0 bridgehead atoms. The minimum Gasteiger partial charge on any atom is -0.355 e. The van der Waals surface area contributed by atoms with E-state index in [-0.39, 0.29) is 0 Å². The van der Waals surface area contributed by atoms with Crippen molar-refractivity contribution < 1.29 is 0 Å². The minimum absolute atomic E-state index is 1.11. The monoisotopic (exact) mass is 577 g/mol. The molecule has 9 aromatic rings. The summed E-state index contributed by atoms with van der Waals surface area (Å²) in [7, 11) is 0. The van der Waals surface area contributed by atoms with E-state index in [9.17, 15) is 0 Å². The van der Waals surface area contributed by atoms with Crippen LogP contribution in [-0.2, 0) is 0 Å². The van der Waals surface area contributed by atoms with Crippen LogP contribution < -0.4 is 5.32 Å². The van der Waals surface area contributed by atoms with E-state index >= 15 is 0 Å². The highest BCUT2D eigenvalue weighted by atomic mass is 32.1. The third-order valence-corrected chi connectivity index (χ3v) is 10.0. The average molecular weight is 578 g/mol. The van der Waals surface area contributed by atoms with E-state index in [1.165, 1.54) is 74.7 Å². The summed E-state index contributed by atoms with van der Waals surface area (Å²) in [5.74, 6) is 0. The highest BCUT2D eigenvalue weighted by Crippen LogP contribution is 2.42. The lowest BCUT2D eigenvalue weighted by atomic mass is 9.94. The van der Waals surface area contributed by atoms with E-state index in [1.54, 1.807) is 0 Å². The standard InChI is InChI=1S/C42H27NS/c1-2-10-27(11-3-1)30-20-22-38(35-16-8-6-14-33(30)35)43-39-23-21-31(34-15-7-9-17-36(34)39)29-19-24-40-37(26-29)42-32-13-5-4-12-28(32)18-25-41(42)44-40/h1-26,43H. The van der Waals surface area contributed by atoms with Crippen LogP contribution in [0.25, 0.3) is 74.7 Å². The van der Waals surface area contributed by atoms with E-state index in [2.05, 4.69) is 163 Å². The predicted molar refractivity (Wildman–Crippen MR) is 192 cm³/mol. The molecular weight excluding hydrogens is 551 g/mol. The summed E-state index contributed by atoms with van der Waals surface area (Å²) >= 11 is 1.88. The third-order valence-electron chi connectivity index (χ3n) is 8.87. The summed E-state index contributed by atoms with van der Waals surface area (Å²) in [5.41, 5.74) is 7.18. The van der Waals surface area contributed by atoms with Crippen LogP contribution in [0.2, 0.25) is 0 Å². The molecule has 0 aliphatic rings. The Morgan fingerprint density at radius 1 is 0.364 bits per heavy atom. The second-order valence-corrected chi connectivity index (χ2v) is 12.5. The van der Waals surface area contributed by atoms with Crippen molar-refractivity contribution in [1.29, 1.82) is 0 Å². The van der Waals surface area contributed by atoms with Crippen LogP contribution in [0, 0.1) is 0 Å². The van der Waals surface area contributed by atoms with Gasteiger partial charge in [-0.25, -0.2) is 0 Å². The van der Waals surface area contributed by atoms with E-state index in [0.717, 1.165) is 11.4 Å². The smallest absolute Gasteiger partial charge is 0.0464 e. The summed E-state index contributed by atoms with van der Waals surface area (Å²) in [6, 6.07) is 57.3. The van der Waals surface area contributed by atoms with Gasteiger partial charge in [-0.3, -0.25) is 0 Å². The van der Waals surface area contributed by atoms with Crippen molar-refractivity contribution in [2.24, 2.45) is 0 Å². The van der Waals surface area contributed by atoms with Gasteiger partial charge in [-0.2, -0.15) is 0 Å². The SMILES string of the molecule is c1ccc(-c2ccc(Nc3ccc(-c4ccc5sc6ccc7ccccc7c6c5c4)c4ccccc34)c3ccccc23)cc1. The summed E-state index contributed by atoms with van der Waals surface area (Å²) < 4.78 is 2.67. The Bertz CT molecular complexity index is 2520. The number of hydrogen-bond acceptors (Lipinski definition) is 2. The molecule has 0 saturated carbocycles. The Labute approximate surface area is 259 Å². The van der Waals surface area contributed by atoms with Gasteiger partial charge in [0.25, 0.3) is 0 Å². The van der Waals surface area contributed by atoms with Gasteiger partial charge in [-0.15, -0.1) is 11.3 Å². The van der Waals surface area contributed by atoms with Crippen molar-refractivity contribution in [1.82, 2.24) is 0 Å². The van der Waals surface area contributed by atoms with Gasteiger partial charge in [-0.1, -0.05) is 127 Å². The summed E-state index contributed by atoms with van der Waals surface area (Å²) in [6.07, 6.45) is 0. The lowest BCUT2D eigenvalue weighted by Gasteiger charge is -2.16. The number of fused-ring (bicyclic) bond motifs is 7. The Balaban J connectivity index is 1.18. The van der Waals surface area contributed by atoms with Crippen LogP contribution in [-0.4, -0.2) is 0 Å². The first-order valence-corrected chi connectivity index (χ1v) is 15.8. The molecule has 1 heterocycles. The molecule has 0 amide bonds. The maximum atomic E-state index is 3.82. The number of thiophene rings is 1. The average Bonchev–Trinajstić information content (AvgIpc) is 3.47. The van der Waals surface area contributed by atoms with Crippen molar-refractivity contribution in [3.05, 3.63) is 158 Å². The fourth-order valence-electron chi connectivity index (χ4n) is 6.80. The molecule has 0 atom stereocenters. The van der Waals surface area contributed by atoms with Crippen LogP contribution in [0.1, 0.15) is 0 Å². The van der Waals surface area contributed by atoms with E-state index < -0.39 is 0 Å². The molecule has 1 nitrogen and oxygen atoms in total. The molecule has 0 radical (unpaired) electrons. The fraction of sp³-hybridized carbons (Fsp3) is 0. The molecule has 0 fully saturated rings. The first-order valence-electron chi connectivity index (χ1n) is 15.0. The number of hydrogen-bond donors (Lipinski definition) is 1. The van der Waals surface area contributed by atoms with Crippen LogP contribution >= 0.6 is 11.3 Å². The van der Waals surface area contributed by atoms with Gasteiger partial charge >= 0.3 is 0 Å². The molecule has 0 aliphatic carbocycles. The zero-order chi connectivity index (χ0) is 29.0. The first kappa shape index (κ1) is 25.1. The third kappa shape index (κ3) is 4.00. The van der Waals surface area contributed by atoms with Gasteiger partial charge in [0.15, 0.2) is 0 Å². The Morgan fingerprint density at radius 3 is 1.64 bits per heavy atom. The molecule has 0 unspecified atom stereocenters. The topological polar surface area (TPSA) is 12.0 Å². The fourth-order valence-corrected chi connectivity index (χ4v) is 7.90. The van der Waals surface area contributed by atoms with Gasteiger partial charge < -0.3 is 5.32 Å². The van der Waals surface area contributed by atoms with Gasteiger partial charge in [0, 0.05) is 42.3 Å². The minimum atomic E-state index is 1.11. The molecule has 8 aromatic carbocycles. The van der Waals surface area contributed by atoms with Gasteiger partial charge in [0.2, 0.25) is 0 Å². The highest BCUT2D eigenvalue weighted by molar-refractivity contribution is 7.26. The van der Waals surface area contributed by atoms with Gasteiger partial charge in [0.1, 0.15) is 0 Å². The second-order valence-electron chi connectivity index (χ2n) is 11.4. The zero-order valence-corrected chi connectivity index (χ0v) is 24.7. The van der Waals surface area contributed by atoms with Crippen molar-refractivity contribution >= 4 is 75.2 Å². The molecule has 0 spiro atoms. The van der Waals surface area contributed by atoms with Crippen molar-refractivity contribution in [2.75, 3.05) is 5.32 Å².